The maximum Gasteiger partial charge on any atom is 0.416 e. The van der Waals surface area contributed by atoms with Crippen molar-refractivity contribution in [1.82, 2.24) is 9.99 Å². The number of hydrogen-bond donors (Lipinski definition) is 1. The highest BCUT2D eigenvalue weighted by Crippen LogP contribution is 2.38. The van der Waals surface area contributed by atoms with Crippen molar-refractivity contribution in [3.63, 3.8) is 0 Å². The number of phenols is 1. The monoisotopic (exact) mass is 445 g/mol. The maximum atomic E-state index is 13.3. The van der Waals surface area contributed by atoms with Crippen LogP contribution in [-0.2, 0) is 6.18 Å². The van der Waals surface area contributed by atoms with Crippen LogP contribution in [0, 0.1) is 0 Å². The van der Waals surface area contributed by atoms with E-state index in [-0.39, 0.29) is 23.3 Å². The number of rotatable bonds is 3. The lowest BCUT2D eigenvalue weighted by molar-refractivity contribution is -0.137. The summed E-state index contributed by atoms with van der Waals surface area (Å²) in [5, 5.41) is 16.1. The molecule has 0 fully saturated rings. The van der Waals surface area contributed by atoms with Crippen LogP contribution < -0.4 is 0 Å². The summed E-state index contributed by atoms with van der Waals surface area (Å²) >= 11 is 6.04. The zero-order valence-electron chi connectivity index (χ0n) is 15.8. The number of phenolic OH excluding ortho intramolecular Hbond substituents is 1. The first-order chi connectivity index (χ1) is 14.7. The minimum Gasteiger partial charge on any atom is -0.507 e. The maximum absolute atomic E-state index is 13.3. The molecule has 1 atom stereocenters. The Morgan fingerprint density at radius 1 is 1.10 bits per heavy atom. The molecule has 5 nitrogen and oxygen atoms in total. The number of halogens is 4. The molecule has 1 N–H and O–H groups in total. The molecule has 158 valence electrons. The van der Waals surface area contributed by atoms with Crippen molar-refractivity contribution in [3.05, 3.63) is 94.3 Å². The van der Waals surface area contributed by atoms with Gasteiger partial charge in [0.25, 0.3) is 5.91 Å². The Morgan fingerprint density at radius 3 is 2.55 bits per heavy atom. The molecule has 0 spiro atoms. The molecule has 0 saturated carbocycles. The van der Waals surface area contributed by atoms with E-state index in [0.717, 1.165) is 17.1 Å². The molecule has 2 heterocycles. The number of hydrogen-bond acceptors (Lipinski definition) is 4. The molecule has 3 aromatic rings. The minimum absolute atomic E-state index is 0.0934. The van der Waals surface area contributed by atoms with Crippen LogP contribution in [-0.4, -0.2) is 26.7 Å². The summed E-state index contributed by atoms with van der Waals surface area (Å²) in [6, 6.07) is 11.4. The molecule has 4 rings (SSSR count). The third-order valence-corrected chi connectivity index (χ3v) is 5.15. The molecule has 1 aliphatic rings. The van der Waals surface area contributed by atoms with Crippen molar-refractivity contribution < 1.29 is 23.1 Å². The highest BCUT2D eigenvalue weighted by Gasteiger charge is 2.36. The lowest BCUT2D eigenvalue weighted by Gasteiger charge is -2.23. The van der Waals surface area contributed by atoms with Crippen LogP contribution in [0.15, 0.2) is 72.1 Å². The van der Waals surface area contributed by atoms with Crippen LogP contribution in [0.3, 0.4) is 0 Å². The first kappa shape index (κ1) is 20.9. The second kappa shape index (κ2) is 8.03. The van der Waals surface area contributed by atoms with E-state index < -0.39 is 23.7 Å². The molecule has 9 heteroatoms. The van der Waals surface area contributed by atoms with Gasteiger partial charge in [-0.2, -0.15) is 18.3 Å². The average Bonchev–Trinajstić information content (AvgIpc) is 3.20. The Kier molecular flexibility index (Phi) is 5.41. The van der Waals surface area contributed by atoms with Gasteiger partial charge in [0.2, 0.25) is 0 Å². The highest BCUT2D eigenvalue weighted by molar-refractivity contribution is 6.31. The van der Waals surface area contributed by atoms with Crippen LogP contribution in [0.1, 0.15) is 39.5 Å². The second-order valence-electron chi connectivity index (χ2n) is 6.94. The number of nitrogens with zero attached hydrogens (tertiary/aromatic N) is 3. The van der Waals surface area contributed by atoms with Gasteiger partial charge in [-0.25, -0.2) is 5.01 Å². The van der Waals surface area contributed by atoms with Crippen molar-refractivity contribution in [2.75, 3.05) is 0 Å². The summed E-state index contributed by atoms with van der Waals surface area (Å²) in [6.07, 6.45) is -1.54. The molecule has 1 amide bonds. The number of benzene rings is 2. The number of amides is 1. The first-order valence-electron chi connectivity index (χ1n) is 9.21. The fourth-order valence-electron chi connectivity index (χ4n) is 3.41. The van der Waals surface area contributed by atoms with Gasteiger partial charge in [0.15, 0.2) is 0 Å². The van der Waals surface area contributed by atoms with Gasteiger partial charge >= 0.3 is 6.18 Å². The van der Waals surface area contributed by atoms with Crippen molar-refractivity contribution in [2.45, 2.75) is 18.6 Å². The van der Waals surface area contributed by atoms with Gasteiger partial charge in [0, 0.05) is 35.0 Å². The summed E-state index contributed by atoms with van der Waals surface area (Å²) in [6.45, 7) is 0. The fourth-order valence-corrected chi connectivity index (χ4v) is 3.58. The van der Waals surface area contributed by atoms with E-state index in [1.165, 1.54) is 54.9 Å². The molecule has 0 radical (unpaired) electrons. The third-order valence-electron chi connectivity index (χ3n) is 4.91. The molecule has 1 aliphatic heterocycles. The first-order valence-corrected chi connectivity index (χ1v) is 9.59. The Morgan fingerprint density at radius 2 is 1.84 bits per heavy atom. The Labute approximate surface area is 180 Å². The summed E-state index contributed by atoms with van der Waals surface area (Å²) < 4.78 is 39.8. The molecule has 1 unspecified atom stereocenters. The van der Waals surface area contributed by atoms with Crippen molar-refractivity contribution in [2.24, 2.45) is 5.10 Å². The Bertz CT molecular complexity index is 1170. The molecule has 0 saturated heterocycles. The van der Waals surface area contributed by atoms with Gasteiger partial charge in [-0.15, -0.1) is 0 Å². The molecule has 0 bridgehead atoms. The lowest BCUT2D eigenvalue weighted by atomic mass is 9.96. The van der Waals surface area contributed by atoms with E-state index in [4.69, 9.17) is 11.6 Å². The van der Waals surface area contributed by atoms with E-state index in [1.54, 1.807) is 0 Å². The van der Waals surface area contributed by atoms with Gasteiger partial charge in [-0.3, -0.25) is 9.78 Å². The number of aromatic nitrogens is 1. The Hall–Kier alpha value is -3.39. The zero-order valence-corrected chi connectivity index (χ0v) is 16.6. The second-order valence-corrected chi connectivity index (χ2v) is 7.37. The predicted octanol–water partition coefficient (Wildman–Crippen LogP) is 5.45. The summed E-state index contributed by atoms with van der Waals surface area (Å²) in [5.74, 6) is -0.592. The summed E-state index contributed by atoms with van der Waals surface area (Å²) in [4.78, 5) is 17.0. The smallest absolute Gasteiger partial charge is 0.416 e. The molecule has 0 aliphatic carbocycles. The minimum atomic E-state index is -4.52. The van der Waals surface area contributed by atoms with E-state index >= 15 is 0 Å². The van der Waals surface area contributed by atoms with Gasteiger partial charge in [-0.05, 0) is 48.0 Å². The lowest BCUT2D eigenvalue weighted by Crippen LogP contribution is -2.27. The van der Waals surface area contributed by atoms with Crippen LogP contribution in [0.5, 0.6) is 5.75 Å². The van der Waals surface area contributed by atoms with Crippen LogP contribution in [0.4, 0.5) is 13.2 Å². The molecule has 2 aromatic carbocycles. The van der Waals surface area contributed by atoms with E-state index in [2.05, 4.69) is 10.1 Å². The molecule has 31 heavy (non-hydrogen) atoms. The number of pyridine rings is 1. The largest absolute Gasteiger partial charge is 0.507 e. The number of carbonyl (C=O) groups is 1. The standard InChI is InChI=1S/C22H15ClF3N3O2/c23-16-4-5-20(30)17(11-16)18-12-19(14-2-1-3-15(10-14)22(24,25)26)29(28-18)21(31)13-6-8-27-9-7-13/h1-11,19,30H,12H2. The fraction of sp³-hybridized carbons (Fsp3) is 0.136. The quantitative estimate of drug-likeness (QED) is 0.583. The SMILES string of the molecule is O=C(c1ccncc1)N1N=C(c2cc(Cl)ccc2O)CC1c1cccc(C(F)(F)F)c1. The average molecular weight is 446 g/mol. The van der Waals surface area contributed by atoms with E-state index in [0.29, 0.717) is 16.3 Å². The molecule has 1 aromatic heterocycles. The highest BCUT2D eigenvalue weighted by atomic mass is 35.5. The number of carbonyl (C=O) groups excluding carboxylic acids is 1. The molecular formula is C22H15ClF3N3O2. The zero-order chi connectivity index (χ0) is 22.2. The van der Waals surface area contributed by atoms with E-state index in [9.17, 15) is 23.1 Å². The van der Waals surface area contributed by atoms with Crippen LogP contribution in [0.25, 0.3) is 0 Å². The Balaban J connectivity index is 1.79. The molecular weight excluding hydrogens is 431 g/mol. The van der Waals surface area contributed by atoms with Gasteiger partial charge in [-0.1, -0.05) is 23.7 Å². The normalized spacial score (nSPS) is 16.3. The number of aromatic hydroxyl groups is 1. The topological polar surface area (TPSA) is 65.8 Å². The van der Waals surface area contributed by atoms with Crippen LogP contribution in [0.2, 0.25) is 5.02 Å². The number of hydrazone groups is 1. The van der Waals surface area contributed by atoms with Crippen LogP contribution >= 0.6 is 11.6 Å². The van der Waals surface area contributed by atoms with E-state index in [1.807, 2.05) is 0 Å². The third kappa shape index (κ3) is 4.25. The van der Waals surface area contributed by atoms with Gasteiger partial charge in [0.1, 0.15) is 5.75 Å². The summed E-state index contributed by atoms with van der Waals surface area (Å²) in [7, 11) is 0. The van der Waals surface area contributed by atoms with Crippen molar-refractivity contribution >= 4 is 23.2 Å². The van der Waals surface area contributed by atoms with Gasteiger partial charge < -0.3 is 5.11 Å². The number of alkyl halides is 3. The van der Waals surface area contributed by atoms with Gasteiger partial charge in [0.05, 0.1) is 17.3 Å². The predicted molar refractivity (Wildman–Crippen MR) is 109 cm³/mol. The van der Waals surface area contributed by atoms with Crippen molar-refractivity contribution in [1.29, 1.82) is 0 Å². The van der Waals surface area contributed by atoms with Crippen molar-refractivity contribution in [3.8, 4) is 5.75 Å². The summed E-state index contributed by atoms with van der Waals surface area (Å²) in [5.41, 5.74) is 0.393.